The van der Waals surface area contributed by atoms with Crippen molar-refractivity contribution in [2.75, 3.05) is 13.2 Å². The van der Waals surface area contributed by atoms with Crippen LogP contribution >= 0.6 is 0 Å². The second-order valence-electron chi connectivity index (χ2n) is 5.98. The van der Waals surface area contributed by atoms with E-state index in [0.29, 0.717) is 24.8 Å². The molecule has 0 spiro atoms. The lowest BCUT2D eigenvalue weighted by atomic mass is 9.98. The lowest BCUT2D eigenvalue weighted by molar-refractivity contribution is -0.122. The Morgan fingerprint density at radius 2 is 2.13 bits per heavy atom. The number of hydrogen-bond donors (Lipinski definition) is 2. The molecule has 23 heavy (non-hydrogen) atoms. The quantitative estimate of drug-likeness (QED) is 0.719. The van der Waals surface area contributed by atoms with Crippen LogP contribution in [0, 0.1) is 0 Å². The van der Waals surface area contributed by atoms with Gasteiger partial charge in [0.15, 0.2) is 0 Å². The van der Waals surface area contributed by atoms with Crippen molar-refractivity contribution in [1.29, 1.82) is 0 Å². The molecule has 1 aliphatic carbocycles. The predicted octanol–water partition coefficient (Wildman–Crippen LogP) is 2.25. The molecule has 1 heterocycles. The summed E-state index contributed by atoms with van der Waals surface area (Å²) in [5.74, 6) is -0.512. The molecule has 6 heteroatoms. The number of furan rings is 1. The molecule has 0 unspecified atom stereocenters. The fraction of sp³-hybridized carbons (Fsp3) is 0.647. The Balaban J connectivity index is 1.56. The molecular weight excluding hydrogens is 296 g/mol. The van der Waals surface area contributed by atoms with Gasteiger partial charge in [-0.3, -0.25) is 9.59 Å². The van der Waals surface area contributed by atoms with Gasteiger partial charge in [-0.15, -0.1) is 0 Å². The summed E-state index contributed by atoms with van der Waals surface area (Å²) in [5.41, 5.74) is 0.408. The SMILES string of the molecule is C[C@@H](NC(=O)c1ccoc1)C(=O)NCCCOC1CCCCC1. The monoisotopic (exact) mass is 322 g/mol. The van der Waals surface area contributed by atoms with Crippen LogP contribution in [0.15, 0.2) is 23.0 Å². The van der Waals surface area contributed by atoms with Crippen molar-refractivity contribution in [2.24, 2.45) is 0 Å². The normalized spacial score (nSPS) is 16.7. The van der Waals surface area contributed by atoms with Gasteiger partial charge in [-0.2, -0.15) is 0 Å². The van der Waals surface area contributed by atoms with Crippen molar-refractivity contribution in [3.8, 4) is 0 Å². The maximum Gasteiger partial charge on any atom is 0.255 e. The van der Waals surface area contributed by atoms with E-state index >= 15 is 0 Å². The Labute approximate surface area is 137 Å². The number of rotatable bonds is 8. The molecule has 0 radical (unpaired) electrons. The molecule has 0 bridgehead atoms. The molecular formula is C17H26N2O4. The Kier molecular flexibility index (Phi) is 7.13. The minimum atomic E-state index is -0.586. The number of ether oxygens (including phenoxy) is 1. The smallest absolute Gasteiger partial charge is 0.255 e. The summed E-state index contributed by atoms with van der Waals surface area (Å²) < 4.78 is 10.7. The number of carbonyl (C=O) groups excluding carboxylic acids is 2. The Morgan fingerprint density at radius 3 is 2.83 bits per heavy atom. The van der Waals surface area contributed by atoms with E-state index < -0.39 is 6.04 Å². The predicted molar refractivity (Wildman–Crippen MR) is 86.1 cm³/mol. The van der Waals surface area contributed by atoms with Crippen LogP contribution < -0.4 is 10.6 Å². The van der Waals surface area contributed by atoms with E-state index in [0.717, 1.165) is 19.3 Å². The van der Waals surface area contributed by atoms with Gasteiger partial charge in [0, 0.05) is 13.2 Å². The highest BCUT2D eigenvalue weighted by Crippen LogP contribution is 2.20. The minimum absolute atomic E-state index is 0.195. The van der Waals surface area contributed by atoms with E-state index in [-0.39, 0.29) is 11.8 Å². The van der Waals surface area contributed by atoms with Crippen LogP contribution in [0.2, 0.25) is 0 Å². The highest BCUT2D eigenvalue weighted by Gasteiger charge is 2.17. The second-order valence-corrected chi connectivity index (χ2v) is 5.98. The van der Waals surface area contributed by atoms with Gasteiger partial charge in [0.05, 0.1) is 17.9 Å². The van der Waals surface area contributed by atoms with Crippen LogP contribution in [0.3, 0.4) is 0 Å². The highest BCUT2D eigenvalue weighted by molar-refractivity contribution is 5.97. The van der Waals surface area contributed by atoms with Crippen molar-refractivity contribution < 1.29 is 18.7 Å². The first-order valence-corrected chi connectivity index (χ1v) is 8.39. The number of carbonyl (C=O) groups is 2. The van der Waals surface area contributed by atoms with E-state index in [1.807, 2.05) is 0 Å². The molecule has 6 nitrogen and oxygen atoms in total. The lowest BCUT2D eigenvalue weighted by Gasteiger charge is -2.22. The summed E-state index contributed by atoms with van der Waals surface area (Å²) in [4.78, 5) is 23.7. The summed E-state index contributed by atoms with van der Waals surface area (Å²) in [6.45, 7) is 2.88. The first-order valence-electron chi connectivity index (χ1n) is 8.39. The van der Waals surface area contributed by atoms with Crippen molar-refractivity contribution in [3.63, 3.8) is 0 Å². The molecule has 2 N–H and O–H groups in total. The average Bonchev–Trinajstić information content (AvgIpc) is 3.10. The standard InChI is InChI=1S/C17H26N2O4/c1-13(19-17(21)14-8-11-22-12-14)16(20)18-9-5-10-23-15-6-3-2-4-7-15/h8,11-13,15H,2-7,9-10H2,1H3,(H,18,20)(H,19,21)/t13-/m1/s1. The van der Waals surface area contributed by atoms with Crippen LogP contribution in [-0.2, 0) is 9.53 Å². The van der Waals surface area contributed by atoms with Gasteiger partial charge in [-0.1, -0.05) is 19.3 Å². The van der Waals surface area contributed by atoms with Gasteiger partial charge in [0.1, 0.15) is 12.3 Å². The summed E-state index contributed by atoms with van der Waals surface area (Å²) in [7, 11) is 0. The molecule has 1 aromatic rings. The molecule has 2 rings (SSSR count). The summed E-state index contributed by atoms with van der Waals surface area (Å²) in [6.07, 6.45) is 10.1. The third-order valence-electron chi connectivity index (χ3n) is 4.05. The minimum Gasteiger partial charge on any atom is -0.472 e. The van der Waals surface area contributed by atoms with Gasteiger partial charge in [-0.25, -0.2) is 0 Å². The molecule has 2 amide bonds. The Hall–Kier alpha value is -1.82. The molecule has 128 valence electrons. The van der Waals surface area contributed by atoms with Gasteiger partial charge in [0.2, 0.25) is 5.91 Å². The van der Waals surface area contributed by atoms with Crippen molar-refractivity contribution in [3.05, 3.63) is 24.2 Å². The number of hydrogen-bond acceptors (Lipinski definition) is 4. The molecule has 1 saturated carbocycles. The molecule has 0 aliphatic heterocycles. The molecule has 1 aliphatic rings. The van der Waals surface area contributed by atoms with Crippen molar-refractivity contribution in [1.82, 2.24) is 10.6 Å². The van der Waals surface area contributed by atoms with Crippen LogP contribution in [-0.4, -0.2) is 37.1 Å². The van der Waals surface area contributed by atoms with Gasteiger partial charge < -0.3 is 19.8 Å². The zero-order chi connectivity index (χ0) is 16.5. The molecule has 0 saturated heterocycles. The van der Waals surface area contributed by atoms with Crippen LogP contribution in [0.4, 0.5) is 0 Å². The topological polar surface area (TPSA) is 80.6 Å². The van der Waals surface area contributed by atoms with Gasteiger partial charge in [-0.05, 0) is 32.3 Å². The van der Waals surface area contributed by atoms with E-state index in [1.54, 1.807) is 13.0 Å². The van der Waals surface area contributed by atoms with Crippen LogP contribution in [0.1, 0.15) is 55.8 Å². The Bertz CT molecular complexity index is 481. The third-order valence-corrected chi connectivity index (χ3v) is 4.05. The van der Waals surface area contributed by atoms with Crippen LogP contribution in [0.5, 0.6) is 0 Å². The van der Waals surface area contributed by atoms with E-state index in [2.05, 4.69) is 10.6 Å². The fourth-order valence-electron chi connectivity index (χ4n) is 2.66. The first kappa shape index (κ1) is 17.5. The molecule has 0 aromatic carbocycles. The molecule has 1 fully saturated rings. The maximum absolute atomic E-state index is 11.9. The van der Waals surface area contributed by atoms with Gasteiger partial charge >= 0.3 is 0 Å². The maximum atomic E-state index is 11.9. The average molecular weight is 322 g/mol. The van der Waals surface area contributed by atoms with Crippen molar-refractivity contribution in [2.45, 2.75) is 57.6 Å². The van der Waals surface area contributed by atoms with E-state index in [4.69, 9.17) is 9.15 Å². The van der Waals surface area contributed by atoms with Crippen molar-refractivity contribution >= 4 is 11.8 Å². The highest BCUT2D eigenvalue weighted by atomic mass is 16.5. The first-order chi connectivity index (χ1) is 11.2. The Morgan fingerprint density at radius 1 is 1.35 bits per heavy atom. The second kappa shape index (κ2) is 9.35. The van der Waals surface area contributed by atoms with Crippen LogP contribution in [0.25, 0.3) is 0 Å². The third kappa shape index (κ3) is 6.06. The zero-order valence-corrected chi connectivity index (χ0v) is 13.7. The van der Waals surface area contributed by atoms with E-state index in [9.17, 15) is 9.59 Å². The number of nitrogens with one attached hydrogen (secondary N) is 2. The summed E-state index contributed by atoms with van der Waals surface area (Å²) >= 11 is 0. The zero-order valence-electron chi connectivity index (χ0n) is 13.7. The lowest BCUT2D eigenvalue weighted by Crippen LogP contribution is -2.45. The number of amides is 2. The summed E-state index contributed by atoms with van der Waals surface area (Å²) in [6, 6.07) is 0.972. The fourth-order valence-corrected chi connectivity index (χ4v) is 2.66. The molecule has 1 aromatic heterocycles. The molecule has 1 atom stereocenters. The summed E-state index contributed by atoms with van der Waals surface area (Å²) in [5, 5.41) is 5.45. The van der Waals surface area contributed by atoms with Gasteiger partial charge in [0.25, 0.3) is 5.91 Å². The largest absolute Gasteiger partial charge is 0.472 e. The van der Waals surface area contributed by atoms with E-state index in [1.165, 1.54) is 31.8 Å².